The molecule has 4 nitrogen and oxygen atoms in total. The van der Waals surface area contributed by atoms with Crippen molar-refractivity contribution >= 4 is 11.6 Å². The van der Waals surface area contributed by atoms with Gasteiger partial charge in [-0.1, -0.05) is 42.0 Å². The number of benzene rings is 2. The predicted octanol–water partition coefficient (Wildman–Crippen LogP) is 3.31. The van der Waals surface area contributed by atoms with Crippen molar-refractivity contribution in [3.63, 3.8) is 0 Å². The largest absolute Gasteiger partial charge is 0.492 e. The summed E-state index contributed by atoms with van der Waals surface area (Å²) in [6.07, 6.45) is 0. The minimum atomic E-state index is -0.0997. The maximum atomic E-state index is 12.1. The fourth-order valence-corrected chi connectivity index (χ4v) is 3.44. The number of hydrogen-bond donors (Lipinski definition) is 0. The lowest BCUT2D eigenvalue weighted by molar-refractivity contribution is -0.131. The molecular weight excluding hydrogens is 288 g/mol. The first-order valence-electron chi connectivity index (χ1n) is 7.82. The number of aryl methyl sites for hydroxylation is 1. The van der Waals surface area contributed by atoms with E-state index in [-0.39, 0.29) is 17.9 Å². The number of carbonyl (C=O) groups is 1. The van der Waals surface area contributed by atoms with Gasteiger partial charge in [-0.3, -0.25) is 4.79 Å². The van der Waals surface area contributed by atoms with Crippen LogP contribution in [0.3, 0.4) is 0 Å². The number of rotatable bonds is 1. The summed E-state index contributed by atoms with van der Waals surface area (Å²) in [6.45, 7) is 4.16. The van der Waals surface area contributed by atoms with Crippen LogP contribution in [0.5, 0.6) is 5.75 Å². The molecule has 0 aromatic heterocycles. The maximum Gasteiger partial charge on any atom is 0.240 e. The average Bonchev–Trinajstić information content (AvgIpc) is 2.96. The van der Waals surface area contributed by atoms with Crippen LogP contribution in [0.2, 0.25) is 0 Å². The molecule has 2 aromatic rings. The summed E-state index contributed by atoms with van der Waals surface area (Å²) in [5.41, 5.74) is 4.21. The summed E-state index contributed by atoms with van der Waals surface area (Å²) in [7, 11) is 0. The molecule has 2 aliphatic heterocycles. The van der Waals surface area contributed by atoms with Gasteiger partial charge >= 0.3 is 0 Å². The second-order valence-electron chi connectivity index (χ2n) is 6.12. The molecule has 2 aromatic carbocycles. The fourth-order valence-electron chi connectivity index (χ4n) is 3.44. The number of nitrogens with zero attached hydrogens (tertiary/aromatic N) is 2. The van der Waals surface area contributed by atoms with Crippen molar-refractivity contribution in [1.29, 1.82) is 0 Å². The third-order valence-corrected chi connectivity index (χ3v) is 4.50. The van der Waals surface area contributed by atoms with E-state index in [1.54, 1.807) is 11.9 Å². The van der Waals surface area contributed by atoms with Gasteiger partial charge in [-0.2, -0.15) is 5.10 Å². The SMILES string of the molecule is CC(=O)N1N=C2c3cc(C)ccc3OCC2C1c1ccccc1. The number of carbonyl (C=O) groups excluding carboxylic acids is 1. The standard InChI is InChI=1S/C19H18N2O2/c1-12-8-9-17-15(10-12)18-16(11-23-17)19(21(20-18)13(2)22)14-6-4-3-5-7-14/h3-10,16,19H,11H2,1-2H3. The normalized spacial score (nSPS) is 22.0. The molecule has 0 fully saturated rings. The Kier molecular flexibility index (Phi) is 3.18. The van der Waals surface area contributed by atoms with Crippen molar-refractivity contribution in [1.82, 2.24) is 5.01 Å². The molecule has 4 heteroatoms. The van der Waals surface area contributed by atoms with Crippen LogP contribution in [0, 0.1) is 12.8 Å². The van der Waals surface area contributed by atoms with Crippen LogP contribution in [-0.2, 0) is 4.79 Å². The van der Waals surface area contributed by atoms with Gasteiger partial charge in [0.1, 0.15) is 5.75 Å². The molecule has 0 spiro atoms. The van der Waals surface area contributed by atoms with Crippen LogP contribution in [-0.4, -0.2) is 23.2 Å². The van der Waals surface area contributed by atoms with Crippen LogP contribution in [0.4, 0.5) is 0 Å². The summed E-state index contributed by atoms with van der Waals surface area (Å²) < 4.78 is 5.95. The highest BCUT2D eigenvalue weighted by atomic mass is 16.5. The van der Waals surface area contributed by atoms with Gasteiger partial charge in [-0.05, 0) is 24.6 Å². The van der Waals surface area contributed by atoms with Gasteiger partial charge in [-0.15, -0.1) is 0 Å². The first kappa shape index (κ1) is 14.0. The highest BCUT2D eigenvalue weighted by Crippen LogP contribution is 2.42. The number of hydrazone groups is 1. The van der Waals surface area contributed by atoms with E-state index in [4.69, 9.17) is 4.74 Å². The monoisotopic (exact) mass is 306 g/mol. The van der Waals surface area contributed by atoms with E-state index < -0.39 is 0 Å². The van der Waals surface area contributed by atoms with Crippen LogP contribution < -0.4 is 4.74 Å². The first-order valence-corrected chi connectivity index (χ1v) is 7.82. The molecule has 0 radical (unpaired) electrons. The minimum absolute atomic E-state index is 0.0463. The van der Waals surface area contributed by atoms with Crippen LogP contribution in [0.1, 0.15) is 29.7 Å². The Bertz CT molecular complexity index is 798. The molecule has 0 saturated heterocycles. The lowest BCUT2D eigenvalue weighted by Crippen LogP contribution is -2.34. The van der Waals surface area contributed by atoms with Gasteiger partial charge in [0.15, 0.2) is 0 Å². The number of hydrogen-bond acceptors (Lipinski definition) is 3. The van der Waals surface area contributed by atoms with Crippen LogP contribution in [0.15, 0.2) is 53.6 Å². The molecule has 1 amide bonds. The van der Waals surface area contributed by atoms with E-state index in [0.717, 1.165) is 28.2 Å². The van der Waals surface area contributed by atoms with E-state index in [0.29, 0.717) is 6.61 Å². The molecule has 2 unspecified atom stereocenters. The van der Waals surface area contributed by atoms with Crippen LogP contribution in [0.25, 0.3) is 0 Å². The van der Waals surface area contributed by atoms with Crippen LogP contribution >= 0.6 is 0 Å². The number of ether oxygens (including phenoxy) is 1. The summed E-state index contributed by atoms with van der Waals surface area (Å²) in [5, 5.41) is 6.28. The lowest BCUT2D eigenvalue weighted by Gasteiger charge is -2.29. The molecule has 23 heavy (non-hydrogen) atoms. The third-order valence-electron chi connectivity index (χ3n) is 4.50. The topological polar surface area (TPSA) is 41.9 Å². The molecule has 0 N–H and O–H groups in total. The molecule has 116 valence electrons. The molecular formula is C19H18N2O2. The quantitative estimate of drug-likeness (QED) is 0.811. The van der Waals surface area contributed by atoms with Crippen molar-refractivity contribution in [2.45, 2.75) is 19.9 Å². The highest BCUT2D eigenvalue weighted by Gasteiger charge is 2.44. The van der Waals surface area contributed by atoms with E-state index in [1.807, 2.05) is 42.5 Å². The first-order chi connectivity index (χ1) is 11.1. The zero-order valence-corrected chi connectivity index (χ0v) is 13.2. The Labute approximate surface area is 135 Å². The molecule has 4 rings (SSSR count). The second-order valence-corrected chi connectivity index (χ2v) is 6.12. The minimum Gasteiger partial charge on any atom is -0.492 e. The van der Waals surface area contributed by atoms with E-state index in [1.165, 1.54) is 0 Å². The maximum absolute atomic E-state index is 12.1. The van der Waals surface area contributed by atoms with E-state index in [2.05, 4.69) is 18.1 Å². The second kappa shape index (κ2) is 5.23. The molecule has 0 saturated carbocycles. The Morgan fingerprint density at radius 3 is 2.74 bits per heavy atom. The molecule has 2 aliphatic rings. The molecule has 2 atom stereocenters. The summed E-state index contributed by atoms with van der Waals surface area (Å²) >= 11 is 0. The number of fused-ring (bicyclic) bond motifs is 3. The lowest BCUT2D eigenvalue weighted by atomic mass is 9.85. The van der Waals surface area contributed by atoms with Crippen molar-refractivity contribution in [3.8, 4) is 5.75 Å². The summed E-state index contributed by atoms with van der Waals surface area (Å²) in [4.78, 5) is 12.1. The Hall–Kier alpha value is -2.62. The van der Waals surface area contributed by atoms with E-state index >= 15 is 0 Å². The van der Waals surface area contributed by atoms with Gasteiger partial charge in [0.25, 0.3) is 0 Å². The zero-order chi connectivity index (χ0) is 16.0. The summed E-state index contributed by atoms with van der Waals surface area (Å²) in [5.74, 6) is 0.869. The molecule has 0 aliphatic carbocycles. The predicted molar refractivity (Wildman–Crippen MR) is 88.4 cm³/mol. The third kappa shape index (κ3) is 2.22. The number of amides is 1. The molecule has 2 heterocycles. The fraction of sp³-hybridized carbons (Fsp3) is 0.263. The summed E-state index contributed by atoms with van der Waals surface area (Å²) in [6, 6.07) is 16.1. The van der Waals surface area contributed by atoms with Gasteiger partial charge < -0.3 is 4.74 Å². The van der Waals surface area contributed by atoms with Gasteiger partial charge in [0.2, 0.25) is 5.91 Å². The van der Waals surface area contributed by atoms with Crippen molar-refractivity contribution in [3.05, 3.63) is 65.2 Å². The van der Waals surface area contributed by atoms with Crippen molar-refractivity contribution in [2.24, 2.45) is 11.0 Å². The van der Waals surface area contributed by atoms with Crippen molar-refractivity contribution < 1.29 is 9.53 Å². The van der Waals surface area contributed by atoms with Gasteiger partial charge in [-0.25, -0.2) is 5.01 Å². The average molecular weight is 306 g/mol. The Balaban J connectivity index is 1.83. The molecule has 0 bridgehead atoms. The van der Waals surface area contributed by atoms with Crippen molar-refractivity contribution in [2.75, 3.05) is 6.61 Å². The smallest absolute Gasteiger partial charge is 0.240 e. The van der Waals surface area contributed by atoms with E-state index in [9.17, 15) is 4.79 Å². The van der Waals surface area contributed by atoms with Gasteiger partial charge in [0, 0.05) is 12.5 Å². The highest BCUT2D eigenvalue weighted by molar-refractivity contribution is 6.07. The Morgan fingerprint density at radius 2 is 2.00 bits per heavy atom. The zero-order valence-electron chi connectivity index (χ0n) is 13.2. The Morgan fingerprint density at radius 1 is 1.22 bits per heavy atom. The van der Waals surface area contributed by atoms with Gasteiger partial charge in [0.05, 0.1) is 24.3 Å².